The molecule has 0 spiro atoms. The van der Waals surface area contributed by atoms with Crippen molar-refractivity contribution in [1.82, 2.24) is 0 Å². The molecule has 2 rings (SSSR count). The van der Waals surface area contributed by atoms with Gasteiger partial charge in [0.05, 0.1) is 0 Å². The van der Waals surface area contributed by atoms with Gasteiger partial charge in [-0.1, -0.05) is 0 Å². The minimum absolute atomic E-state index is 0. The van der Waals surface area contributed by atoms with Crippen LogP contribution in [0.1, 0.15) is 12.8 Å². The molecule has 12 heavy (non-hydrogen) atoms. The normalized spacial score (nSPS) is 36.7. The third kappa shape index (κ3) is 2.47. The molecule has 1 saturated carbocycles. The number of hydrogen-bond donors (Lipinski definition) is 0. The first-order chi connectivity index (χ1) is 4.88. The summed E-state index contributed by atoms with van der Waals surface area (Å²) in [6.07, 6.45) is 12.1. The van der Waals surface area contributed by atoms with Crippen LogP contribution in [0.2, 0.25) is 3.63 Å². The van der Waals surface area contributed by atoms with E-state index < -0.39 is 0 Å². The molecule has 0 amide bonds. The number of halogens is 2. The Balaban J connectivity index is 0.000000605. The minimum atomic E-state index is 0. The Morgan fingerprint density at radius 2 is 1.67 bits per heavy atom. The van der Waals surface area contributed by atoms with E-state index in [1.54, 1.807) is 24.7 Å². The summed E-state index contributed by atoms with van der Waals surface area (Å²) < 4.78 is 1.01. The molecular weight excluding hydrogens is 270 g/mol. The van der Waals surface area contributed by atoms with Crippen molar-refractivity contribution in [2.24, 2.45) is 11.8 Å². The second-order valence-corrected chi connectivity index (χ2v) is 5.02. The summed E-state index contributed by atoms with van der Waals surface area (Å²) in [5, 5.41) is 0. The van der Waals surface area contributed by atoms with Gasteiger partial charge in [0.15, 0.2) is 0 Å². The van der Waals surface area contributed by atoms with Gasteiger partial charge in [0.25, 0.3) is 0 Å². The van der Waals surface area contributed by atoms with Crippen molar-refractivity contribution in [3.63, 3.8) is 0 Å². The van der Waals surface area contributed by atoms with Crippen molar-refractivity contribution in [3.8, 4) is 0 Å². The molecule has 0 aromatic heterocycles. The van der Waals surface area contributed by atoms with Crippen LogP contribution < -0.4 is 24.8 Å². The molecule has 0 radical (unpaired) electrons. The van der Waals surface area contributed by atoms with Crippen molar-refractivity contribution >= 4 is 0 Å². The maximum absolute atomic E-state index is 2.40. The van der Waals surface area contributed by atoms with Crippen LogP contribution >= 0.6 is 0 Å². The zero-order valence-electron chi connectivity index (χ0n) is 6.71. The van der Waals surface area contributed by atoms with Crippen LogP contribution in [0.25, 0.3) is 0 Å². The summed E-state index contributed by atoms with van der Waals surface area (Å²) in [4.78, 5) is 0. The molecule has 0 aromatic carbocycles. The molecule has 3 unspecified atom stereocenters. The van der Waals surface area contributed by atoms with Gasteiger partial charge in [-0.2, -0.15) is 0 Å². The van der Waals surface area contributed by atoms with Crippen molar-refractivity contribution in [3.05, 3.63) is 24.3 Å². The van der Waals surface area contributed by atoms with Crippen LogP contribution in [0.3, 0.4) is 0 Å². The summed E-state index contributed by atoms with van der Waals surface area (Å²) in [5.41, 5.74) is 0. The van der Waals surface area contributed by atoms with Gasteiger partial charge in [-0.3, -0.25) is 0 Å². The molecule has 0 heterocycles. The van der Waals surface area contributed by atoms with Gasteiger partial charge in [0, 0.05) is 0 Å². The Morgan fingerprint density at radius 3 is 2.33 bits per heavy atom. The van der Waals surface area contributed by atoms with E-state index in [0.717, 1.165) is 15.5 Å². The third-order valence-corrected chi connectivity index (χ3v) is 4.23. The first-order valence-corrected chi connectivity index (χ1v) is 5.36. The average Bonchev–Trinajstić information content (AvgIpc) is 2.34. The monoisotopic (exact) mass is 279 g/mol. The summed E-state index contributed by atoms with van der Waals surface area (Å²) in [7, 11) is 0. The first kappa shape index (κ1) is 12.9. The molecule has 65 valence electrons. The van der Waals surface area contributed by atoms with E-state index in [4.69, 9.17) is 0 Å². The second kappa shape index (κ2) is 5.63. The molecule has 0 saturated heterocycles. The van der Waals surface area contributed by atoms with E-state index in [0.29, 0.717) is 0 Å². The van der Waals surface area contributed by atoms with Crippen LogP contribution in [0.15, 0.2) is 24.3 Å². The first-order valence-electron chi connectivity index (χ1n) is 3.94. The Bertz CT molecular complexity index is 189. The summed E-state index contributed by atoms with van der Waals surface area (Å²) in [6, 6.07) is 0. The van der Waals surface area contributed by atoms with E-state index in [1.165, 1.54) is 12.8 Å². The molecule has 1 fully saturated rings. The second-order valence-electron chi connectivity index (χ2n) is 3.19. The molecule has 0 aliphatic heterocycles. The van der Waals surface area contributed by atoms with Gasteiger partial charge in [0.2, 0.25) is 0 Å². The Morgan fingerprint density at radius 1 is 1.00 bits per heavy atom. The molecule has 0 bridgehead atoms. The summed E-state index contributed by atoms with van der Waals surface area (Å²) in [5.74, 6) is 1.80. The Labute approximate surface area is 102 Å². The van der Waals surface area contributed by atoms with Gasteiger partial charge in [0.1, 0.15) is 0 Å². The fourth-order valence-electron chi connectivity index (χ4n) is 1.96. The third-order valence-electron chi connectivity index (χ3n) is 2.57. The molecule has 0 aromatic rings. The van der Waals surface area contributed by atoms with Gasteiger partial charge < -0.3 is 24.8 Å². The Kier molecular flexibility index (Phi) is 6.07. The van der Waals surface area contributed by atoms with Crippen molar-refractivity contribution in [1.29, 1.82) is 0 Å². The van der Waals surface area contributed by atoms with Crippen molar-refractivity contribution in [2.75, 3.05) is 0 Å². The van der Waals surface area contributed by atoms with E-state index in [2.05, 4.69) is 24.3 Å². The predicted molar refractivity (Wildman–Crippen MR) is 38.2 cm³/mol. The maximum atomic E-state index is 2.40. The van der Waals surface area contributed by atoms with Gasteiger partial charge in [-0.05, 0) is 0 Å². The zero-order valence-corrected chi connectivity index (χ0v) is 10.7. The van der Waals surface area contributed by atoms with Crippen LogP contribution in [0.5, 0.6) is 0 Å². The van der Waals surface area contributed by atoms with Crippen LogP contribution in [-0.4, -0.2) is 0 Å². The van der Waals surface area contributed by atoms with Crippen molar-refractivity contribution < 1.29 is 49.5 Å². The molecule has 2 aliphatic carbocycles. The summed E-state index contributed by atoms with van der Waals surface area (Å²) >= 11 is 1.73. The molecule has 0 nitrogen and oxygen atoms in total. The van der Waals surface area contributed by atoms with E-state index in [9.17, 15) is 0 Å². The van der Waals surface area contributed by atoms with Gasteiger partial charge in [-0.25, -0.2) is 0 Å². The summed E-state index contributed by atoms with van der Waals surface area (Å²) in [6.45, 7) is 0. The predicted octanol–water partition coefficient (Wildman–Crippen LogP) is -3.52. The quantitative estimate of drug-likeness (QED) is 0.432. The number of hydrogen-bond acceptors (Lipinski definition) is 0. The molecule has 2 aliphatic rings. The number of fused-ring (bicyclic) bond motifs is 1. The van der Waals surface area contributed by atoms with E-state index >= 15 is 0 Å². The van der Waals surface area contributed by atoms with E-state index in [1.807, 2.05) is 0 Å². The van der Waals surface area contributed by atoms with Gasteiger partial charge in [-0.15, -0.1) is 0 Å². The SMILES string of the molecule is [Cl-].[Cl-].[Zr+2][CH]1CCC2C=CC=CC12. The topological polar surface area (TPSA) is 0 Å². The van der Waals surface area contributed by atoms with Gasteiger partial charge >= 0.3 is 77.3 Å². The Hall–Kier alpha value is 0.943. The van der Waals surface area contributed by atoms with Crippen molar-refractivity contribution in [2.45, 2.75) is 16.5 Å². The van der Waals surface area contributed by atoms with Crippen LogP contribution in [0.4, 0.5) is 0 Å². The molecule has 3 atom stereocenters. The standard InChI is InChI=1S/C9H11.2ClH.Zr/c1-2-5-9-7-3-6-8(9)4-1;;;/h1-2,4-6,8-9H,3,7H2;2*1H;/q;;;+2/p-2. The molecule has 0 N–H and O–H groups in total. The fourth-order valence-corrected chi connectivity index (χ4v) is 3.25. The zero-order chi connectivity index (χ0) is 6.97. The fraction of sp³-hybridized carbons (Fsp3) is 0.556. The molecule has 3 heteroatoms. The number of allylic oxidation sites excluding steroid dienone is 4. The van der Waals surface area contributed by atoms with E-state index in [-0.39, 0.29) is 24.8 Å². The van der Waals surface area contributed by atoms with Crippen LogP contribution in [-0.2, 0) is 24.7 Å². The number of rotatable bonds is 0. The molecular formula is C9H11Cl2Zr. The van der Waals surface area contributed by atoms with Crippen LogP contribution in [0, 0.1) is 11.8 Å². The average molecular weight is 281 g/mol.